The smallest absolute Gasteiger partial charge is 0.368 e. The van der Waals surface area contributed by atoms with Gasteiger partial charge in [-0.25, -0.2) is 0 Å². The molecule has 1 aromatic heterocycles. The average molecular weight is 385 g/mol. The molecule has 0 amide bonds. The summed E-state index contributed by atoms with van der Waals surface area (Å²) in [6, 6.07) is 2.02. The van der Waals surface area contributed by atoms with Gasteiger partial charge in [-0.15, -0.1) is 8.98 Å². The summed E-state index contributed by atoms with van der Waals surface area (Å²) in [5.74, 6) is -2.34. The second-order valence-corrected chi connectivity index (χ2v) is 6.98. The number of benzene rings is 1. The Morgan fingerprint density at radius 3 is 2.38 bits per heavy atom. The predicted octanol–water partition coefficient (Wildman–Crippen LogP) is 3.06. The fraction of sp³-hybridized carbons (Fsp3) is 0.333. The monoisotopic (exact) mass is 384 g/mol. The number of anilines is 1. The second kappa shape index (κ2) is 5.31. The third-order valence-electron chi connectivity index (χ3n) is 3.47. The minimum atomic E-state index is -5.10. The second-order valence-electron chi connectivity index (χ2n) is 5.26. The lowest BCUT2D eigenvalue weighted by atomic mass is 10.1. The van der Waals surface area contributed by atoms with E-state index in [1.54, 1.807) is 0 Å². The van der Waals surface area contributed by atoms with Crippen LogP contribution in [0.4, 0.5) is 23.0 Å². The fourth-order valence-electron chi connectivity index (χ4n) is 2.27. The Labute approximate surface area is 138 Å². The van der Waals surface area contributed by atoms with E-state index in [0.717, 1.165) is 6.07 Å². The highest BCUT2D eigenvalue weighted by atomic mass is 35.5. The van der Waals surface area contributed by atoms with Crippen LogP contribution in [0, 0.1) is 0 Å². The highest BCUT2D eigenvalue weighted by Gasteiger charge is 2.38. The maximum absolute atomic E-state index is 13.6. The van der Waals surface area contributed by atoms with E-state index in [2.05, 4.69) is 10.1 Å². The summed E-state index contributed by atoms with van der Waals surface area (Å²) in [6.07, 6.45) is -3.52. The Morgan fingerprint density at radius 2 is 1.92 bits per heavy atom. The van der Waals surface area contributed by atoms with E-state index in [1.165, 1.54) is 6.07 Å². The number of nitrogens with zero attached hydrogens (tertiary/aromatic N) is 3. The third-order valence-corrected chi connectivity index (χ3v) is 4.65. The molecule has 0 unspecified atom stereocenters. The number of hydrogen-bond donors (Lipinski definition) is 1. The molecule has 2 aromatic rings. The molecule has 1 aliphatic rings. The van der Waals surface area contributed by atoms with Crippen LogP contribution in [0.5, 0.6) is 0 Å². The number of alkyl halides is 3. The lowest BCUT2D eigenvalue weighted by Gasteiger charge is -2.11. The summed E-state index contributed by atoms with van der Waals surface area (Å²) >= 11 is 6.01. The molecule has 1 saturated carbocycles. The molecular formula is C12H9ClF4N4O2S. The predicted molar refractivity (Wildman–Crippen MR) is 76.1 cm³/mol. The molecule has 0 bridgehead atoms. The van der Waals surface area contributed by atoms with Crippen LogP contribution in [0.25, 0.3) is 5.69 Å². The van der Waals surface area contributed by atoms with Crippen molar-refractivity contribution in [1.82, 2.24) is 14.8 Å². The van der Waals surface area contributed by atoms with Crippen molar-refractivity contribution in [2.75, 3.05) is 5.73 Å². The molecule has 1 heterocycles. The van der Waals surface area contributed by atoms with Crippen molar-refractivity contribution in [3.8, 4) is 5.69 Å². The first-order valence-corrected chi connectivity index (χ1v) is 8.33. The summed E-state index contributed by atoms with van der Waals surface area (Å²) in [5.41, 5.74) is 5.27. The normalized spacial score (nSPS) is 15.7. The van der Waals surface area contributed by atoms with Gasteiger partial charge in [-0.2, -0.15) is 31.3 Å². The summed E-state index contributed by atoms with van der Waals surface area (Å²) in [6.45, 7) is 0. The lowest BCUT2D eigenvalue weighted by molar-refractivity contribution is -0.144. The SMILES string of the molecule is Nc1nc(C(F)(F)F)nn1-c1cc(S(=O)(=O)F)c(C2CC2)cc1Cl. The van der Waals surface area contributed by atoms with Crippen LogP contribution in [0.15, 0.2) is 17.0 Å². The number of rotatable bonds is 3. The largest absolute Gasteiger partial charge is 0.453 e. The molecule has 1 aliphatic carbocycles. The molecule has 1 aromatic carbocycles. The average Bonchev–Trinajstić information content (AvgIpc) is 3.19. The molecule has 12 heteroatoms. The highest BCUT2D eigenvalue weighted by Crippen LogP contribution is 2.45. The first kappa shape index (κ1) is 17.0. The summed E-state index contributed by atoms with van der Waals surface area (Å²) in [7, 11) is -5.10. The molecule has 6 nitrogen and oxygen atoms in total. The zero-order chi connectivity index (χ0) is 17.9. The van der Waals surface area contributed by atoms with Gasteiger partial charge in [0, 0.05) is 0 Å². The van der Waals surface area contributed by atoms with E-state index in [4.69, 9.17) is 17.3 Å². The maximum atomic E-state index is 13.6. The van der Waals surface area contributed by atoms with Crippen LogP contribution in [0.3, 0.4) is 0 Å². The van der Waals surface area contributed by atoms with E-state index in [9.17, 15) is 25.5 Å². The Bertz CT molecular complexity index is 922. The zero-order valence-electron chi connectivity index (χ0n) is 11.7. The van der Waals surface area contributed by atoms with Gasteiger partial charge in [-0.05, 0) is 36.5 Å². The van der Waals surface area contributed by atoms with Gasteiger partial charge in [0.1, 0.15) is 4.90 Å². The van der Waals surface area contributed by atoms with E-state index in [1.807, 2.05) is 0 Å². The number of nitrogens with two attached hydrogens (primary N) is 1. The number of hydrogen-bond acceptors (Lipinski definition) is 5. The molecule has 130 valence electrons. The van der Waals surface area contributed by atoms with Gasteiger partial charge in [0.05, 0.1) is 10.7 Å². The van der Waals surface area contributed by atoms with Crippen LogP contribution in [-0.2, 0) is 16.4 Å². The van der Waals surface area contributed by atoms with Crippen LogP contribution >= 0.6 is 11.6 Å². The van der Waals surface area contributed by atoms with Crippen molar-refractivity contribution in [2.45, 2.75) is 29.8 Å². The van der Waals surface area contributed by atoms with Gasteiger partial charge in [0.25, 0.3) is 5.82 Å². The topological polar surface area (TPSA) is 90.9 Å². The van der Waals surface area contributed by atoms with Gasteiger partial charge in [0.15, 0.2) is 0 Å². The number of nitrogen functional groups attached to an aromatic ring is 1. The van der Waals surface area contributed by atoms with Crippen molar-refractivity contribution >= 4 is 27.8 Å². The van der Waals surface area contributed by atoms with Crippen molar-refractivity contribution in [1.29, 1.82) is 0 Å². The summed E-state index contributed by atoms with van der Waals surface area (Å²) in [4.78, 5) is 2.40. The van der Waals surface area contributed by atoms with Crippen LogP contribution in [0.2, 0.25) is 5.02 Å². The van der Waals surface area contributed by atoms with Crippen molar-refractivity contribution in [3.05, 3.63) is 28.5 Å². The Kier molecular flexibility index (Phi) is 3.75. The highest BCUT2D eigenvalue weighted by molar-refractivity contribution is 7.86. The Balaban J connectivity index is 2.21. The third kappa shape index (κ3) is 3.05. The Morgan fingerprint density at radius 1 is 1.29 bits per heavy atom. The minimum Gasteiger partial charge on any atom is -0.368 e. The van der Waals surface area contributed by atoms with Gasteiger partial charge in [0.2, 0.25) is 5.95 Å². The maximum Gasteiger partial charge on any atom is 0.453 e. The standard InChI is InChI=1S/C12H9ClF4N4O2S/c13-7-3-6(5-1-2-5)9(24(17,22)23)4-8(7)21-11(18)19-10(20-21)12(14,15)16/h3-5H,1-2H2,(H2,18,19,20). The molecule has 3 rings (SSSR count). The van der Waals surface area contributed by atoms with E-state index in [-0.39, 0.29) is 22.2 Å². The van der Waals surface area contributed by atoms with E-state index >= 15 is 0 Å². The first-order chi connectivity index (χ1) is 11.0. The number of aromatic nitrogens is 3. The van der Waals surface area contributed by atoms with Gasteiger partial charge in [-0.1, -0.05) is 11.6 Å². The molecule has 0 saturated heterocycles. The minimum absolute atomic E-state index is 0.116. The first-order valence-electron chi connectivity index (χ1n) is 6.56. The van der Waals surface area contributed by atoms with Crippen molar-refractivity contribution < 1.29 is 25.5 Å². The van der Waals surface area contributed by atoms with Crippen molar-refractivity contribution in [2.24, 2.45) is 0 Å². The van der Waals surface area contributed by atoms with Crippen LogP contribution in [0.1, 0.15) is 30.1 Å². The molecule has 24 heavy (non-hydrogen) atoms. The van der Waals surface area contributed by atoms with E-state index < -0.39 is 33.1 Å². The molecule has 2 N–H and O–H groups in total. The fourth-order valence-corrected chi connectivity index (χ4v) is 3.28. The molecule has 0 radical (unpaired) electrons. The molecule has 0 spiro atoms. The van der Waals surface area contributed by atoms with Crippen molar-refractivity contribution in [3.63, 3.8) is 0 Å². The zero-order valence-corrected chi connectivity index (χ0v) is 13.3. The van der Waals surface area contributed by atoms with Gasteiger partial charge >= 0.3 is 16.4 Å². The summed E-state index contributed by atoms with van der Waals surface area (Å²) in [5, 5.41) is 3.06. The molecular weight excluding hydrogens is 376 g/mol. The lowest BCUT2D eigenvalue weighted by Crippen LogP contribution is -2.09. The van der Waals surface area contributed by atoms with E-state index in [0.29, 0.717) is 17.5 Å². The summed E-state index contributed by atoms with van der Waals surface area (Å²) < 4.78 is 74.8. The molecule has 1 fully saturated rings. The van der Waals surface area contributed by atoms with Crippen LogP contribution in [-0.4, -0.2) is 23.2 Å². The molecule has 0 aliphatic heterocycles. The molecule has 0 atom stereocenters. The number of halogens is 5. The van der Waals surface area contributed by atoms with Gasteiger partial charge in [-0.3, -0.25) is 0 Å². The van der Waals surface area contributed by atoms with Gasteiger partial charge < -0.3 is 5.73 Å². The quantitative estimate of drug-likeness (QED) is 0.648. The Hall–Kier alpha value is -1.88. The van der Waals surface area contributed by atoms with Crippen LogP contribution < -0.4 is 5.73 Å².